The molecule has 0 spiro atoms. The van der Waals surface area contributed by atoms with E-state index in [2.05, 4.69) is 31.0 Å². The predicted molar refractivity (Wildman–Crippen MR) is 177 cm³/mol. The van der Waals surface area contributed by atoms with Crippen molar-refractivity contribution >= 4 is 23.5 Å². The van der Waals surface area contributed by atoms with Crippen molar-refractivity contribution in [2.45, 2.75) is 92.5 Å². The van der Waals surface area contributed by atoms with Crippen LogP contribution in [0.15, 0.2) is 35.1 Å². The Kier molecular flexibility index (Phi) is 16.7. The van der Waals surface area contributed by atoms with E-state index in [0.29, 0.717) is 45.0 Å². The van der Waals surface area contributed by atoms with Gasteiger partial charge in [0.1, 0.15) is 11.6 Å². The number of ether oxygens (including phenoxy) is 2. The summed E-state index contributed by atoms with van der Waals surface area (Å²) in [5.74, 6) is -0.860. The fraction of sp³-hybridized carbons (Fsp3) is 0.647. The van der Waals surface area contributed by atoms with E-state index < -0.39 is 35.4 Å². The number of rotatable bonds is 14. The number of nitrogens with zero attached hydrogens (tertiary/aromatic N) is 3. The average molecular weight is 659 g/mol. The van der Waals surface area contributed by atoms with Gasteiger partial charge in [0.15, 0.2) is 17.2 Å². The summed E-state index contributed by atoms with van der Waals surface area (Å²) in [4.78, 5) is 57.1. The maximum Gasteiger partial charge on any atom is 0.274 e. The Morgan fingerprint density at radius 2 is 1.55 bits per heavy atom. The van der Waals surface area contributed by atoms with Gasteiger partial charge in [-0.2, -0.15) is 0 Å². The molecular formula is C34H54N6O7. The van der Waals surface area contributed by atoms with Crippen molar-refractivity contribution in [3.05, 3.63) is 47.6 Å². The van der Waals surface area contributed by atoms with Crippen molar-refractivity contribution < 1.29 is 33.2 Å². The molecule has 0 aromatic carbocycles. The van der Waals surface area contributed by atoms with E-state index in [1.165, 1.54) is 5.56 Å². The molecule has 2 aliphatic rings. The number of epoxide rings is 1. The molecule has 0 unspecified atom stereocenters. The Balaban J connectivity index is 0.000000743. The third-order valence-electron chi connectivity index (χ3n) is 7.33. The number of hydrogen-bond donors (Lipinski definition) is 3. The third kappa shape index (κ3) is 14.3. The van der Waals surface area contributed by atoms with E-state index in [4.69, 9.17) is 14.0 Å². The van der Waals surface area contributed by atoms with Crippen molar-refractivity contribution in [1.29, 1.82) is 0 Å². The minimum Gasteiger partial charge on any atom is -0.379 e. The lowest BCUT2D eigenvalue weighted by molar-refractivity contribution is -0.131. The summed E-state index contributed by atoms with van der Waals surface area (Å²) >= 11 is 0. The average Bonchev–Trinajstić information content (AvgIpc) is 3.62. The van der Waals surface area contributed by atoms with Crippen molar-refractivity contribution in [3.8, 4) is 0 Å². The highest BCUT2D eigenvalue weighted by atomic mass is 16.6. The number of hydrogen-bond acceptors (Lipinski definition) is 10. The first kappa shape index (κ1) is 39.5. The van der Waals surface area contributed by atoms with Crippen molar-refractivity contribution in [2.24, 2.45) is 11.8 Å². The first-order valence-electron chi connectivity index (χ1n) is 16.5. The second-order valence-corrected chi connectivity index (χ2v) is 12.6. The van der Waals surface area contributed by atoms with Crippen LogP contribution in [0.1, 0.15) is 83.1 Å². The lowest BCUT2D eigenvalue weighted by Crippen LogP contribution is -2.52. The van der Waals surface area contributed by atoms with Crippen LogP contribution in [0, 0.1) is 18.8 Å². The minimum atomic E-state index is -0.874. The quantitative estimate of drug-likeness (QED) is 0.257. The van der Waals surface area contributed by atoms with Gasteiger partial charge in [-0.3, -0.25) is 29.1 Å². The largest absolute Gasteiger partial charge is 0.379 e. The monoisotopic (exact) mass is 658 g/mol. The first-order chi connectivity index (χ1) is 22.4. The smallest absolute Gasteiger partial charge is 0.274 e. The number of aryl methyl sites for hydroxylation is 1. The van der Waals surface area contributed by atoms with Gasteiger partial charge >= 0.3 is 0 Å². The molecule has 3 amide bonds. The zero-order valence-electron chi connectivity index (χ0n) is 29.3. The normalized spacial score (nSPS) is 18.5. The molecule has 0 bridgehead atoms. The van der Waals surface area contributed by atoms with E-state index >= 15 is 0 Å². The molecule has 0 radical (unpaired) electrons. The van der Waals surface area contributed by atoms with Gasteiger partial charge in [-0.25, -0.2) is 0 Å². The highest BCUT2D eigenvalue weighted by molar-refractivity contribution is 5.98. The second kappa shape index (κ2) is 19.9. The number of amides is 3. The zero-order valence-corrected chi connectivity index (χ0v) is 29.3. The Morgan fingerprint density at radius 1 is 0.957 bits per heavy atom. The molecule has 0 aliphatic carbocycles. The maximum atomic E-state index is 12.9. The molecule has 2 saturated heterocycles. The summed E-state index contributed by atoms with van der Waals surface area (Å²) in [6.45, 7) is 18.9. The van der Waals surface area contributed by atoms with Crippen LogP contribution in [-0.2, 0) is 30.4 Å². The first-order valence-corrected chi connectivity index (χ1v) is 16.5. The number of nitrogens with one attached hydrogen (secondary N) is 3. The van der Waals surface area contributed by atoms with Crippen LogP contribution in [-0.4, -0.2) is 95.7 Å². The van der Waals surface area contributed by atoms with Gasteiger partial charge < -0.3 is 29.9 Å². The van der Waals surface area contributed by atoms with Crippen LogP contribution < -0.4 is 16.0 Å². The highest BCUT2D eigenvalue weighted by Gasteiger charge is 2.50. The number of carbonyl (C=O) groups is 4. The fourth-order valence-electron chi connectivity index (χ4n) is 4.69. The van der Waals surface area contributed by atoms with Crippen LogP contribution in [0.4, 0.5) is 0 Å². The number of ketones is 1. The standard InChI is InChI=1S/C26H41N5O7.C6H7N.C2H6/c1-16(2)10-19(23(33)26(5)15-37-26)28-22(32)13-27-24(34)20(11-17(3)4)29-25(35)21-12-18(38-30-21)14-31-6-8-36-9-7-31;1-6-2-4-7-5-3-6;1-2/h12,16-17,19-20H,6-11,13-15H2,1-5H3,(H,27,34)(H,28,32)(H,29,35);2-5H,1H3;1-2H3/t19-,20-,26+;;/m0../s1. The number of pyridine rings is 1. The summed E-state index contributed by atoms with van der Waals surface area (Å²) in [5.41, 5.74) is 0.486. The van der Waals surface area contributed by atoms with Gasteiger partial charge in [0.05, 0.1) is 39.0 Å². The number of Topliss-reactive ketones (excluding diaryl/α,β-unsaturated/α-hetero) is 1. The Labute approximate surface area is 278 Å². The van der Waals surface area contributed by atoms with Crippen LogP contribution in [0.2, 0.25) is 0 Å². The van der Waals surface area contributed by atoms with Crippen LogP contribution in [0.25, 0.3) is 0 Å². The molecule has 2 fully saturated rings. The molecular weight excluding hydrogens is 604 g/mol. The van der Waals surface area contributed by atoms with Gasteiger partial charge in [0.2, 0.25) is 11.8 Å². The van der Waals surface area contributed by atoms with E-state index in [9.17, 15) is 19.2 Å². The van der Waals surface area contributed by atoms with Crippen LogP contribution >= 0.6 is 0 Å². The van der Waals surface area contributed by atoms with E-state index in [-0.39, 0.29) is 29.9 Å². The Hall–Kier alpha value is -3.68. The molecule has 2 aromatic heterocycles. The lowest BCUT2D eigenvalue weighted by Gasteiger charge is -2.25. The number of aromatic nitrogens is 2. The topological polar surface area (TPSA) is 168 Å². The minimum absolute atomic E-state index is 0.0818. The van der Waals surface area contributed by atoms with Crippen molar-refractivity contribution in [2.75, 3.05) is 39.5 Å². The molecule has 2 aliphatic heterocycles. The summed E-state index contributed by atoms with van der Waals surface area (Å²) in [6.07, 6.45) is 4.40. The molecule has 13 nitrogen and oxygen atoms in total. The van der Waals surface area contributed by atoms with Crippen molar-refractivity contribution in [3.63, 3.8) is 0 Å². The van der Waals surface area contributed by atoms with Gasteiger partial charge in [-0.1, -0.05) is 46.7 Å². The summed E-state index contributed by atoms with van der Waals surface area (Å²) in [7, 11) is 0. The molecule has 3 N–H and O–H groups in total. The van der Waals surface area contributed by atoms with Gasteiger partial charge in [-0.05, 0) is 56.2 Å². The molecule has 0 saturated carbocycles. The van der Waals surface area contributed by atoms with Crippen LogP contribution in [0.5, 0.6) is 0 Å². The molecule has 262 valence electrons. The predicted octanol–water partition coefficient (Wildman–Crippen LogP) is 3.07. The highest BCUT2D eigenvalue weighted by Crippen LogP contribution is 2.29. The molecule has 4 heterocycles. The zero-order chi connectivity index (χ0) is 35.0. The van der Waals surface area contributed by atoms with E-state index in [0.717, 1.165) is 13.1 Å². The Morgan fingerprint density at radius 3 is 2.09 bits per heavy atom. The summed E-state index contributed by atoms with van der Waals surface area (Å²) < 4.78 is 15.9. The lowest BCUT2D eigenvalue weighted by atomic mass is 9.93. The molecule has 4 rings (SSSR count). The summed E-state index contributed by atoms with van der Waals surface area (Å²) in [5, 5.41) is 11.9. The molecule has 2 aromatic rings. The van der Waals surface area contributed by atoms with Gasteiger partial charge in [-0.15, -0.1) is 0 Å². The molecule has 3 atom stereocenters. The van der Waals surface area contributed by atoms with E-state index in [1.54, 1.807) is 25.4 Å². The van der Waals surface area contributed by atoms with Crippen LogP contribution in [0.3, 0.4) is 0 Å². The SMILES string of the molecule is CC.CC(C)C[C@H](NC(=O)c1cc(CN2CCOCC2)on1)C(=O)NCC(=O)N[C@@H](CC(C)C)C(=O)[C@@]1(C)CO1.Cc1ccncc1. The van der Waals surface area contributed by atoms with Gasteiger partial charge in [0, 0.05) is 31.5 Å². The number of carbonyl (C=O) groups excluding carboxylic acids is 4. The third-order valence-corrected chi connectivity index (χ3v) is 7.33. The molecule has 13 heteroatoms. The van der Waals surface area contributed by atoms with Gasteiger partial charge in [0.25, 0.3) is 5.91 Å². The fourth-order valence-corrected chi connectivity index (χ4v) is 4.69. The Bertz CT molecular complexity index is 1260. The summed E-state index contributed by atoms with van der Waals surface area (Å²) in [6, 6.07) is 3.94. The van der Waals surface area contributed by atoms with E-state index in [1.807, 2.05) is 60.6 Å². The maximum absolute atomic E-state index is 12.9. The van der Waals surface area contributed by atoms with Crippen molar-refractivity contribution in [1.82, 2.24) is 31.0 Å². The second-order valence-electron chi connectivity index (χ2n) is 12.6. The number of morpholine rings is 1. The molecule has 47 heavy (non-hydrogen) atoms.